The molecule has 28 heavy (non-hydrogen) atoms. The van der Waals surface area contributed by atoms with E-state index in [1.807, 2.05) is 67.9 Å². The second-order valence-electron chi connectivity index (χ2n) is 6.97. The van der Waals surface area contributed by atoms with E-state index in [2.05, 4.69) is 4.85 Å². The van der Waals surface area contributed by atoms with Gasteiger partial charge >= 0.3 is 0 Å². The first-order valence-electron chi connectivity index (χ1n) is 9.58. The van der Waals surface area contributed by atoms with Crippen LogP contribution in [0.25, 0.3) is 38.0 Å². The van der Waals surface area contributed by atoms with E-state index in [0.29, 0.717) is 17.3 Å². The molecule has 0 bridgehead atoms. The number of hydrogen-bond donors (Lipinski definition) is 0. The van der Waals surface area contributed by atoms with Crippen LogP contribution >= 0.6 is 0 Å². The molecule has 4 rings (SSSR count). The molecule has 3 heteroatoms. The van der Waals surface area contributed by atoms with Gasteiger partial charge in [0.25, 0.3) is 0 Å². The molecule has 0 radical (unpaired) electrons. The van der Waals surface area contributed by atoms with Crippen molar-refractivity contribution in [1.29, 1.82) is 0 Å². The van der Waals surface area contributed by atoms with Crippen molar-refractivity contribution < 1.29 is 10.3 Å². The first-order chi connectivity index (χ1) is 13.9. The minimum atomic E-state index is -0.256. The number of pyridine rings is 1. The minimum absolute atomic E-state index is 0.256. The number of hydrogen-bond acceptors (Lipinski definition) is 0. The van der Waals surface area contributed by atoms with Crippen molar-refractivity contribution in [3.8, 4) is 22.4 Å². The summed E-state index contributed by atoms with van der Waals surface area (Å²) < 4.78 is 25.3. The molecule has 0 unspecified atom stereocenters. The van der Waals surface area contributed by atoms with Crippen molar-refractivity contribution >= 4 is 16.5 Å². The van der Waals surface area contributed by atoms with E-state index >= 15 is 0 Å². The Morgan fingerprint density at radius 3 is 2.46 bits per heavy atom. The predicted octanol–water partition coefficient (Wildman–Crippen LogP) is 6.31. The lowest BCUT2D eigenvalue weighted by Gasteiger charge is -2.13. The first-order valence-corrected chi connectivity index (χ1v) is 9.08. The van der Waals surface area contributed by atoms with E-state index in [-0.39, 0.29) is 5.82 Å². The predicted molar refractivity (Wildman–Crippen MR) is 112 cm³/mol. The standard InChI is InChI=1S/C25H20FN2/c1-16-12-24(26)23(18-8-6-5-7-9-18)15-22(16)25-21-11-10-20(27-3)14-19(21)13-17(2)28(25)4/h5-15H,1-2,4H3/q+1/i13D. The Balaban J connectivity index is 2.09. The average molecular weight is 368 g/mol. The van der Waals surface area contributed by atoms with Gasteiger partial charge in [-0.2, -0.15) is 4.57 Å². The van der Waals surface area contributed by atoms with Gasteiger partial charge in [-0.25, -0.2) is 9.24 Å². The number of halogens is 1. The largest absolute Gasteiger partial charge is 0.238 e. The molecule has 1 aromatic heterocycles. The van der Waals surface area contributed by atoms with Gasteiger partial charge in [0.2, 0.25) is 5.69 Å². The second kappa shape index (κ2) is 6.90. The van der Waals surface area contributed by atoms with Crippen LogP contribution in [0.3, 0.4) is 0 Å². The first kappa shape index (κ1) is 16.6. The third-order valence-corrected chi connectivity index (χ3v) is 5.20. The maximum Gasteiger partial charge on any atom is 0.220 e. The highest BCUT2D eigenvalue weighted by atomic mass is 19.1. The molecule has 4 aromatic rings. The number of rotatable bonds is 2. The summed E-state index contributed by atoms with van der Waals surface area (Å²) in [6.07, 6.45) is 0. The van der Waals surface area contributed by atoms with Crippen LogP contribution in [0.1, 0.15) is 12.6 Å². The molecule has 0 aliphatic rings. The minimum Gasteiger partial charge on any atom is -0.238 e. The lowest BCUT2D eigenvalue weighted by Crippen LogP contribution is -2.35. The molecule has 0 N–H and O–H groups in total. The van der Waals surface area contributed by atoms with Crippen molar-refractivity contribution in [2.24, 2.45) is 7.05 Å². The van der Waals surface area contributed by atoms with Crippen LogP contribution in [0.2, 0.25) is 0 Å². The van der Waals surface area contributed by atoms with E-state index in [1.54, 1.807) is 18.2 Å². The second-order valence-corrected chi connectivity index (χ2v) is 6.97. The quantitative estimate of drug-likeness (QED) is 0.290. The highest BCUT2D eigenvalue weighted by molar-refractivity contribution is 5.96. The Morgan fingerprint density at radius 2 is 1.75 bits per heavy atom. The van der Waals surface area contributed by atoms with Gasteiger partial charge in [-0.05, 0) is 41.6 Å². The van der Waals surface area contributed by atoms with Crippen LogP contribution in [0, 0.1) is 26.2 Å². The van der Waals surface area contributed by atoms with Crippen LogP contribution < -0.4 is 4.57 Å². The van der Waals surface area contributed by atoms with Gasteiger partial charge in [-0.3, -0.25) is 0 Å². The van der Waals surface area contributed by atoms with E-state index in [0.717, 1.165) is 38.9 Å². The third kappa shape index (κ3) is 2.93. The SMILES string of the molecule is [2H]c1c(C)[n+](C)c(-c2cc(-c3ccccc3)c(F)cc2C)c2ccc([N+]#[C-])cc12. The molecular formula is C25H20FN2+. The van der Waals surface area contributed by atoms with Crippen LogP contribution in [0.15, 0.2) is 66.7 Å². The average Bonchev–Trinajstić information content (AvgIpc) is 2.74. The summed E-state index contributed by atoms with van der Waals surface area (Å²) in [5.41, 5.74) is 5.32. The van der Waals surface area contributed by atoms with Gasteiger partial charge < -0.3 is 0 Å². The zero-order valence-electron chi connectivity index (χ0n) is 17.0. The molecular weight excluding hydrogens is 347 g/mol. The smallest absolute Gasteiger partial charge is 0.220 e. The third-order valence-electron chi connectivity index (χ3n) is 5.20. The molecule has 0 aliphatic heterocycles. The number of nitrogens with zero attached hydrogens (tertiary/aromatic N) is 2. The summed E-state index contributed by atoms with van der Waals surface area (Å²) in [6, 6.07) is 18.8. The van der Waals surface area contributed by atoms with Gasteiger partial charge in [-0.15, -0.1) is 0 Å². The zero-order chi connectivity index (χ0) is 20.7. The molecule has 0 aliphatic carbocycles. The summed E-state index contributed by atoms with van der Waals surface area (Å²) in [5, 5.41) is 1.61. The molecule has 0 amide bonds. The topological polar surface area (TPSA) is 8.24 Å². The molecule has 0 fully saturated rings. The maximum atomic E-state index is 14.8. The lowest BCUT2D eigenvalue weighted by atomic mass is 9.94. The highest BCUT2D eigenvalue weighted by Gasteiger charge is 2.22. The van der Waals surface area contributed by atoms with Crippen LogP contribution in [0.5, 0.6) is 0 Å². The van der Waals surface area contributed by atoms with Gasteiger partial charge in [0.1, 0.15) is 12.9 Å². The Bertz CT molecular complexity index is 1300. The normalized spacial score (nSPS) is 11.3. The van der Waals surface area contributed by atoms with Crippen molar-refractivity contribution in [2.75, 3.05) is 0 Å². The molecule has 2 nitrogen and oxygen atoms in total. The maximum absolute atomic E-state index is 14.8. The van der Waals surface area contributed by atoms with E-state index in [4.69, 9.17) is 7.94 Å². The van der Waals surface area contributed by atoms with Crippen LogP contribution in [-0.4, -0.2) is 0 Å². The number of benzene rings is 3. The summed E-state index contributed by atoms with van der Waals surface area (Å²) >= 11 is 0. The molecule has 0 saturated carbocycles. The van der Waals surface area contributed by atoms with Gasteiger partial charge in [0, 0.05) is 18.5 Å². The summed E-state index contributed by atoms with van der Waals surface area (Å²) in [5.74, 6) is -0.256. The molecule has 136 valence electrons. The summed E-state index contributed by atoms with van der Waals surface area (Å²) in [4.78, 5) is 3.51. The molecule has 1 heterocycles. The Kier molecular flexibility index (Phi) is 4.10. The zero-order valence-corrected chi connectivity index (χ0v) is 16.0. The molecule has 0 spiro atoms. The monoisotopic (exact) mass is 368 g/mol. The Labute approximate surface area is 165 Å². The van der Waals surface area contributed by atoms with Crippen molar-refractivity contribution in [3.63, 3.8) is 0 Å². The Morgan fingerprint density at radius 1 is 1.00 bits per heavy atom. The summed E-state index contributed by atoms with van der Waals surface area (Å²) in [6.45, 7) is 11.1. The molecule has 3 aromatic carbocycles. The van der Waals surface area contributed by atoms with Gasteiger partial charge in [-0.1, -0.05) is 42.5 Å². The van der Waals surface area contributed by atoms with Crippen molar-refractivity contribution in [3.05, 3.63) is 95.2 Å². The molecule has 0 saturated heterocycles. The fraction of sp³-hybridized carbons (Fsp3) is 0.120. The van der Waals surface area contributed by atoms with Crippen LogP contribution in [0.4, 0.5) is 10.1 Å². The van der Waals surface area contributed by atoms with Gasteiger partial charge in [0.15, 0.2) is 11.4 Å². The molecule has 0 atom stereocenters. The van der Waals surface area contributed by atoms with E-state index < -0.39 is 0 Å². The number of aromatic nitrogens is 1. The fourth-order valence-electron chi connectivity index (χ4n) is 3.63. The van der Waals surface area contributed by atoms with Crippen molar-refractivity contribution in [2.45, 2.75) is 13.8 Å². The van der Waals surface area contributed by atoms with Gasteiger partial charge in [0.05, 0.1) is 18.9 Å². The number of fused-ring (bicyclic) bond motifs is 1. The van der Waals surface area contributed by atoms with E-state index in [9.17, 15) is 4.39 Å². The lowest BCUT2D eigenvalue weighted by molar-refractivity contribution is -0.665. The Hall–Kier alpha value is -3.51. The summed E-state index contributed by atoms with van der Waals surface area (Å²) in [7, 11) is 1.93. The van der Waals surface area contributed by atoms with E-state index in [1.165, 1.54) is 0 Å². The highest BCUT2D eigenvalue weighted by Crippen LogP contribution is 2.35. The van der Waals surface area contributed by atoms with Crippen LogP contribution in [-0.2, 0) is 7.05 Å². The fourth-order valence-corrected chi connectivity index (χ4v) is 3.63. The number of aryl methyl sites for hydroxylation is 1. The van der Waals surface area contributed by atoms with Crippen molar-refractivity contribution in [1.82, 2.24) is 0 Å².